The molecular weight excluding hydrogens is 322 g/mol. The summed E-state index contributed by atoms with van der Waals surface area (Å²) in [7, 11) is 0. The summed E-state index contributed by atoms with van der Waals surface area (Å²) in [5.74, 6) is 0. The third kappa shape index (κ3) is 3.22. The lowest BCUT2D eigenvalue weighted by Gasteiger charge is -2.59. The van der Waals surface area contributed by atoms with Crippen molar-refractivity contribution in [3.05, 3.63) is 34.3 Å². The second kappa shape index (κ2) is 6.42. The highest BCUT2D eigenvalue weighted by atomic mass is 79.9. The molecule has 116 valence electrons. The normalized spacial score (nSPS) is 23.0. The van der Waals surface area contributed by atoms with Gasteiger partial charge in [0.25, 0.3) is 0 Å². The monoisotopic (exact) mass is 349 g/mol. The Hall–Kier alpha value is -0.340. The molecule has 0 heterocycles. The average Bonchev–Trinajstić information content (AvgIpc) is 2.46. The second-order valence-electron chi connectivity index (χ2n) is 7.38. The minimum absolute atomic E-state index is 0.385. The van der Waals surface area contributed by atoms with Gasteiger partial charge in [-0.1, -0.05) is 54.2 Å². The van der Waals surface area contributed by atoms with Gasteiger partial charge in [-0.15, -0.1) is 0 Å². The SMILES string of the molecule is CCCNCC1(c2cccc(Br)c2)CC2(CCCCC2)C1. The zero-order valence-corrected chi connectivity index (χ0v) is 14.8. The standard InChI is InChI=1S/C19H28BrN/c1-2-11-21-15-19(16-7-6-8-17(20)12-16)13-18(14-19)9-4-3-5-10-18/h6-8,12,21H,2-5,9-11,13-15H2,1H3. The molecule has 2 fully saturated rings. The summed E-state index contributed by atoms with van der Waals surface area (Å²) in [6.45, 7) is 4.55. The molecule has 2 aliphatic rings. The van der Waals surface area contributed by atoms with E-state index in [0.29, 0.717) is 10.8 Å². The summed E-state index contributed by atoms with van der Waals surface area (Å²) in [5.41, 5.74) is 2.60. The minimum Gasteiger partial charge on any atom is -0.316 e. The lowest BCUT2D eigenvalue weighted by Crippen LogP contribution is -2.55. The quantitative estimate of drug-likeness (QED) is 0.698. The first-order valence-electron chi connectivity index (χ1n) is 8.65. The molecule has 0 aromatic heterocycles. The Morgan fingerprint density at radius 2 is 1.90 bits per heavy atom. The molecule has 1 N–H and O–H groups in total. The maximum atomic E-state index is 3.70. The highest BCUT2D eigenvalue weighted by Crippen LogP contribution is 2.61. The van der Waals surface area contributed by atoms with Crippen LogP contribution >= 0.6 is 15.9 Å². The summed E-state index contributed by atoms with van der Waals surface area (Å²) in [4.78, 5) is 0. The van der Waals surface area contributed by atoms with Gasteiger partial charge in [0, 0.05) is 16.4 Å². The lowest BCUT2D eigenvalue weighted by molar-refractivity contribution is -0.0127. The summed E-state index contributed by atoms with van der Waals surface area (Å²) >= 11 is 3.66. The van der Waals surface area contributed by atoms with Crippen LogP contribution in [-0.4, -0.2) is 13.1 Å². The first-order chi connectivity index (χ1) is 10.2. The van der Waals surface area contributed by atoms with Crippen LogP contribution in [0.15, 0.2) is 28.7 Å². The van der Waals surface area contributed by atoms with Crippen LogP contribution in [0.25, 0.3) is 0 Å². The van der Waals surface area contributed by atoms with Gasteiger partial charge in [-0.2, -0.15) is 0 Å². The van der Waals surface area contributed by atoms with Crippen LogP contribution in [-0.2, 0) is 5.41 Å². The van der Waals surface area contributed by atoms with Crippen molar-refractivity contribution < 1.29 is 0 Å². The number of halogens is 1. The molecule has 21 heavy (non-hydrogen) atoms. The van der Waals surface area contributed by atoms with E-state index in [-0.39, 0.29) is 0 Å². The van der Waals surface area contributed by atoms with Crippen LogP contribution < -0.4 is 5.32 Å². The fraction of sp³-hybridized carbons (Fsp3) is 0.684. The maximum Gasteiger partial charge on any atom is 0.0178 e. The molecule has 2 saturated carbocycles. The number of hydrogen-bond donors (Lipinski definition) is 1. The first kappa shape index (κ1) is 15.6. The molecule has 1 nitrogen and oxygen atoms in total. The molecule has 0 bridgehead atoms. The maximum absolute atomic E-state index is 3.70. The molecule has 0 aliphatic heterocycles. The molecule has 0 atom stereocenters. The molecular formula is C19H28BrN. The van der Waals surface area contributed by atoms with E-state index in [1.165, 1.54) is 61.4 Å². The van der Waals surface area contributed by atoms with Crippen LogP contribution in [0.3, 0.4) is 0 Å². The molecule has 0 amide bonds. The topological polar surface area (TPSA) is 12.0 Å². The Morgan fingerprint density at radius 3 is 2.57 bits per heavy atom. The van der Waals surface area contributed by atoms with E-state index in [0.717, 1.165) is 13.1 Å². The summed E-state index contributed by atoms with van der Waals surface area (Å²) in [6.07, 6.45) is 11.3. The summed E-state index contributed by atoms with van der Waals surface area (Å²) < 4.78 is 1.22. The van der Waals surface area contributed by atoms with Crippen molar-refractivity contribution in [1.29, 1.82) is 0 Å². The highest BCUT2D eigenvalue weighted by Gasteiger charge is 2.54. The molecule has 1 aromatic rings. The lowest BCUT2D eigenvalue weighted by atomic mass is 9.46. The van der Waals surface area contributed by atoms with Gasteiger partial charge >= 0.3 is 0 Å². The number of benzene rings is 1. The predicted octanol–water partition coefficient (Wildman–Crippen LogP) is 5.43. The largest absolute Gasteiger partial charge is 0.316 e. The van der Waals surface area contributed by atoms with Gasteiger partial charge in [-0.3, -0.25) is 0 Å². The summed E-state index contributed by atoms with van der Waals surface area (Å²) in [5, 5.41) is 3.70. The van der Waals surface area contributed by atoms with Gasteiger partial charge in [0.2, 0.25) is 0 Å². The highest BCUT2D eigenvalue weighted by molar-refractivity contribution is 9.10. The molecule has 0 unspecified atom stereocenters. The summed E-state index contributed by atoms with van der Waals surface area (Å²) in [6, 6.07) is 9.04. The van der Waals surface area contributed by atoms with E-state index < -0.39 is 0 Å². The van der Waals surface area contributed by atoms with Crippen molar-refractivity contribution in [3.63, 3.8) is 0 Å². The molecule has 3 rings (SSSR count). The zero-order chi connectivity index (χ0) is 14.8. The van der Waals surface area contributed by atoms with Crippen molar-refractivity contribution >= 4 is 15.9 Å². The zero-order valence-electron chi connectivity index (χ0n) is 13.3. The Morgan fingerprint density at radius 1 is 1.14 bits per heavy atom. The molecule has 2 aliphatic carbocycles. The third-order valence-electron chi connectivity index (χ3n) is 5.67. The predicted molar refractivity (Wildman–Crippen MR) is 93.7 cm³/mol. The van der Waals surface area contributed by atoms with Crippen LogP contribution in [0.4, 0.5) is 0 Å². The van der Waals surface area contributed by atoms with E-state index in [2.05, 4.69) is 52.4 Å². The second-order valence-corrected chi connectivity index (χ2v) is 8.30. The molecule has 0 radical (unpaired) electrons. The molecule has 2 heteroatoms. The smallest absolute Gasteiger partial charge is 0.0178 e. The van der Waals surface area contributed by atoms with E-state index >= 15 is 0 Å². The minimum atomic E-state index is 0.385. The van der Waals surface area contributed by atoms with E-state index in [9.17, 15) is 0 Å². The third-order valence-corrected chi connectivity index (χ3v) is 6.16. The Bertz CT molecular complexity index is 468. The van der Waals surface area contributed by atoms with Crippen molar-refractivity contribution in [2.24, 2.45) is 5.41 Å². The van der Waals surface area contributed by atoms with Crippen LogP contribution in [0.1, 0.15) is 63.9 Å². The van der Waals surface area contributed by atoms with Crippen molar-refractivity contribution in [2.75, 3.05) is 13.1 Å². The Labute approximate surface area is 138 Å². The van der Waals surface area contributed by atoms with Gasteiger partial charge in [0.15, 0.2) is 0 Å². The van der Waals surface area contributed by atoms with E-state index in [4.69, 9.17) is 0 Å². The number of hydrogen-bond acceptors (Lipinski definition) is 1. The Balaban J connectivity index is 1.77. The van der Waals surface area contributed by atoms with Crippen LogP contribution in [0.2, 0.25) is 0 Å². The van der Waals surface area contributed by atoms with E-state index in [1.54, 1.807) is 0 Å². The van der Waals surface area contributed by atoms with Crippen molar-refractivity contribution in [2.45, 2.75) is 63.7 Å². The molecule has 1 spiro atoms. The van der Waals surface area contributed by atoms with Gasteiger partial charge in [0.1, 0.15) is 0 Å². The van der Waals surface area contributed by atoms with Crippen molar-refractivity contribution in [3.8, 4) is 0 Å². The molecule has 1 aromatic carbocycles. The fourth-order valence-corrected chi connectivity index (χ4v) is 5.19. The average molecular weight is 350 g/mol. The van der Waals surface area contributed by atoms with Crippen molar-refractivity contribution in [1.82, 2.24) is 5.32 Å². The van der Waals surface area contributed by atoms with Gasteiger partial charge in [-0.05, 0) is 61.8 Å². The van der Waals surface area contributed by atoms with Crippen LogP contribution in [0, 0.1) is 5.41 Å². The van der Waals surface area contributed by atoms with Crippen LogP contribution in [0.5, 0.6) is 0 Å². The Kier molecular flexibility index (Phi) is 4.75. The first-order valence-corrected chi connectivity index (χ1v) is 9.44. The van der Waals surface area contributed by atoms with E-state index in [1.807, 2.05) is 0 Å². The van der Waals surface area contributed by atoms with Gasteiger partial charge in [0.05, 0.1) is 0 Å². The van der Waals surface area contributed by atoms with Gasteiger partial charge < -0.3 is 5.32 Å². The number of nitrogens with one attached hydrogen (secondary N) is 1. The van der Waals surface area contributed by atoms with Gasteiger partial charge in [-0.25, -0.2) is 0 Å². The number of rotatable bonds is 5. The fourth-order valence-electron chi connectivity index (χ4n) is 4.79. The molecule has 0 saturated heterocycles.